The molecule has 1 rings (SSSR count). The average Bonchev–Trinajstić information content (AvgIpc) is 2.27. The second-order valence-corrected chi connectivity index (χ2v) is 5.93. The van der Waals surface area contributed by atoms with Gasteiger partial charge in [-0.3, -0.25) is 9.59 Å². The molecule has 0 radical (unpaired) electrons. The summed E-state index contributed by atoms with van der Waals surface area (Å²) >= 11 is 0. The van der Waals surface area contributed by atoms with Crippen molar-refractivity contribution < 1.29 is 14.7 Å². The number of carbonyl (C=O) groups excluding carboxylic acids is 1. The largest absolute Gasteiger partial charge is 0.481 e. The van der Waals surface area contributed by atoms with E-state index in [1.807, 2.05) is 6.92 Å². The number of carbonyl (C=O) groups is 2. The summed E-state index contributed by atoms with van der Waals surface area (Å²) in [5.74, 6) is -0.283. The highest BCUT2D eigenvalue weighted by Crippen LogP contribution is 2.29. The molecule has 2 N–H and O–H groups in total. The highest BCUT2D eigenvalue weighted by Gasteiger charge is 2.30. The summed E-state index contributed by atoms with van der Waals surface area (Å²) in [6.45, 7) is 6.31. The minimum Gasteiger partial charge on any atom is -0.481 e. The van der Waals surface area contributed by atoms with E-state index in [1.165, 1.54) is 0 Å². The summed E-state index contributed by atoms with van der Waals surface area (Å²) in [7, 11) is 0. The van der Waals surface area contributed by atoms with Crippen LogP contribution in [0.5, 0.6) is 0 Å². The number of carboxylic acids is 1. The van der Waals surface area contributed by atoms with Crippen LogP contribution in [0.1, 0.15) is 52.9 Å². The maximum Gasteiger partial charge on any atom is 0.306 e. The number of hydrogen-bond donors (Lipinski definition) is 2. The lowest BCUT2D eigenvalue weighted by Crippen LogP contribution is -2.39. The van der Waals surface area contributed by atoms with Gasteiger partial charge in [0, 0.05) is 12.0 Å². The molecule has 0 aromatic heterocycles. The Bertz CT molecular complexity index is 293. The van der Waals surface area contributed by atoms with E-state index in [2.05, 4.69) is 19.2 Å². The van der Waals surface area contributed by atoms with Gasteiger partial charge in [-0.15, -0.1) is 0 Å². The first-order valence-corrected chi connectivity index (χ1v) is 6.93. The van der Waals surface area contributed by atoms with Crippen LogP contribution in [-0.2, 0) is 9.59 Å². The molecule has 4 heteroatoms. The van der Waals surface area contributed by atoms with Gasteiger partial charge in [-0.1, -0.05) is 13.8 Å². The van der Waals surface area contributed by atoms with Gasteiger partial charge in [0.15, 0.2) is 0 Å². The number of aliphatic carboxylic acids is 1. The quantitative estimate of drug-likeness (QED) is 0.793. The van der Waals surface area contributed by atoms with Gasteiger partial charge in [-0.2, -0.15) is 0 Å². The molecule has 0 spiro atoms. The summed E-state index contributed by atoms with van der Waals surface area (Å²) in [4.78, 5) is 22.8. The molecule has 0 aromatic carbocycles. The Morgan fingerprint density at radius 2 is 1.61 bits per heavy atom. The smallest absolute Gasteiger partial charge is 0.306 e. The SMILES string of the molecule is CC(C)CC(C)NC(=O)C1CCC(C(=O)O)CC1. The van der Waals surface area contributed by atoms with Crippen LogP contribution in [-0.4, -0.2) is 23.0 Å². The van der Waals surface area contributed by atoms with Crippen molar-refractivity contribution in [1.29, 1.82) is 0 Å². The maximum absolute atomic E-state index is 12.0. The van der Waals surface area contributed by atoms with E-state index in [9.17, 15) is 9.59 Å². The number of amides is 1. The molecular formula is C14H25NO3. The van der Waals surface area contributed by atoms with Crippen LogP contribution in [0.2, 0.25) is 0 Å². The average molecular weight is 255 g/mol. The van der Waals surface area contributed by atoms with Crippen LogP contribution in [0, 0.1) is 17.8 Å². The topological polar surface area (TPSA) is 66.4 Å². The number of hydrogen-bond acceptors (Lipinski definition) is 2. The summed E-state index contributed by atoms with van der Waals surface area (Å²) < 4.78 is 0. The van der Waals surface area contributed by atoms with Gasteiger partial charge >= 0.3 is 5.97 Å². The highest BCUT2D eigenvalue weighted by molar-refractivity contribution is 5.79. The van der Waals surface area contributed by atoms with Crippen LogP contribution >= 0.6 is 0 Å². The van der Waals surface area contributed by atoms with Crippen molar-refractivity contribution in [2.75, 3.05) is 0 Å². The minimum absolute atomic E-state index is 0.00946. The summed E-state index contributed by atoms with van der Waals surface area (Å²) in [6.07, 6.45) is 3.66. The second kappa shape index (κ2) is 6.76. The molecule has 0 bridgehead atoms. The van der Waals surface area contributed by atoms with Gasteiger partial charge in [-0.25, -0.2) is 0 Å². The van der Waals surface area contributed by atoms with E-state index in [4.69, 9.17) is 5.11 Å². The fourth-order valence-electron chi connectivity index (χ4n) is 2.73. The lowest BCUT2D eigenvalue weighted by Gasteiger charge is -2.27. The van der Waals surface area contributed by atoms with E-state index in [1.54, 1.807) is 0 Å². The minimum atomic E-state index is -0.720. The third-order valence-electron chi connectivity index (χ3n) is 3.66. The van der Waals surface area contributed by atoms with Crippen molar-refractivity contribution in [2.24, 2.45) is 17.8 Å². The second-order valence-electron chi connectivity index (χ2n) is 5.93. The number of nitrogens with one attached hydrogen (secondary N) is 1. The van der Waals surface area contributed by atoms with Crippen molar-refractivity contribution in [1.82, 2.24) is 5.32 Å². The Kier molecular flexibility index (Phi) is 5.63. The molecule has 1 saturated carbocycles. The van der Waals surface area contributed by atoms with Gasteiger partial charge in [0.1, 0.15) is 0 Å². The zero-order valence-electron chi connectivity index (χ0n) is 11.6. The first-order chi connectivity index (χ1) is 8.40. The zero-order chi connectivity index (χ0) is 13.7. The van der Waals surface area contributed by atoms with E-state index < -0.39 is 5.97 Å². The van der Waals surface area contributed by atoms with Crippen LogP contribution in [0.15, 0.2) is 0 Å². The predicted molar refractivity (Wildman–Crippen MR) is 70.1 cm³/mol. The fraction of sp³-hybridized carbons (Fsp3) is 0.857. The summed E-state index contributed by atoms with van der Waals surface area (Å²) in [5.41, 5.74) is 0. The Morgan fingerprint density at radius 1 is 1.11 bits per heavy atom. The van der Waals surface area contributed by atoms with E-state index >= 15 is 0 Å². The van der Waals surface area contributed by atoms with Crippen LogP contribution in [0.4, 0.5) is 0 Å². The molecule has 0 heterocycles. The van der Waals surface area contributed by atoms with Crippen molar-refractivity contribution >= 4 is 11.9 Å². The highest BCUT2D eigenvalue weighted by atomic mass is 16.4. The van der Waals surface area contributed by atoms with Crippen molar-refractivity contribution in [3.63, 3.8) is 0 Å². The summed E-state index contributed by atoms with van der Waals surface area (Å²) in [5, 5.41) is 11.9. The van der Waals surface area contributed by atoms with Gasteiger partial charge < -0.3 is 10.4 Å². The molecule has 0 saturated heterocycles. The molecule has 18 heavy (non-hydrogen) atoms. The number of carboxylic acid groups (broad SMARTS) is 1. The molecule has 1 amide bonds. The van der Waals surface area contributed by atoms with Crippen LogP contribution in [0.25, 0.3) is 0 Å². The molecule has 1 atom stereocenters. The summed E-state index contributed by atoms with van der Waals surface area (Å²) in [6, 6.07) is 0.203. The van der Waals surface area contributed by atoms with Crippen molar-refractivity contribution in [3.8, 4) is 0 Å². The third kappa shape index (κ3) is 4.67. The molecule has 1 unspecified atom stereocenters. The standard InChI is InChI=1S/C14H25NO3/c1-9(2)8-10(3)15-13(16)11-4-6-12(7-5-11)14(17)18/h9-12H,4-8H2,1-3H3,(H,15,16)(H,17,18). The Labute approximate surface area is 109 Å². The Morgan fingerprint density at radius 3 is 2.06 bits per heavy atom. The molecule has 0 aliphatic heterocycles. The van der Waals surface area contributed by atoms with Crippen molar-refractivity contribution in [2.45, 2.75) is 58.9 Å². The predicted octanol–water partition coefficient (Wildman–Crippen LogP) is 2.43. The normalized spacial score (nSPS) is 25.8. The zero-order valence-corrected chi connectivity index (χ0v) is 11.6. The maximum atomic E-state index is 12.0. The van der Waals surface area contributed by atoms with E-state index in [0.717, 1.165) is 6.42 Å². The first kappa shape index (κ1) is 15.0. The molecule has 1 aliphatic carbocycles. The monoisotopic (exact) mass is 255 g/mol. The van der Waals surface area contributed by atoms with Crippen molar-refractivity contribution in [3.05, 3.63) is 0 Å². The van der Waals surface area contributed by atoms with E-state index in [0.29, 0.717) is 31.6 Å². The molecule has 4 nitrogen and oxygen atoms in total. The molecule has 104 valence electrons. The third-order valence-corrected chi connectivity index (χ3v) is 3.66. The first-order valence-electron chi connectivity index (χ1n) is 6.93. The molecule has 1 fully saturated rings. The molecule has 0 aromatic rings. The van der Waals surface area contributed by atoms with Gasteiger partial charge in [0.05, 0.1) is 5.92 Å². The van der Waals surface area contributed by atoms with Gasteiger partial charge in [0.25, 0.3) is 0 Å². The molecular weight excluding hydrogens is 230 g/mol. The van der Waals surface area contributed by atoms with Gasteiger partial charge in [0.2, 0.25) is 5.91 Å². The van der Waals surface area contributed by atoms with Gasteiger partial charge in [-0.05, 0) is 44.9 Å². The van der Waals surface area contributed by atoms with Crippen LogP contribution < -0.4 is 5.32 Å². The fourth-order valence-corrected chi connectivity index (χ4v) is 2.73. The lowest BCUT2D eigenvalue weighted by atomic mass is 9.81. The lowest BCUT2D eigenvalue weighted by molar-refractivity contribution is -0.144. The van der Waals surface area contributed by atoms with Crippen LogP contribution in [0.3, 0.4) is 0 Å². The Hall–Kier alpha value is -1.06. The number of rotatable bonds is 5. The Balaban J connectivity index is 2.34. The molecule has 1 aliphatic rings. The van der Waals surface area contributed by atoms with E-state index in [-0.39, 0.29) is 23.8 Å².